The van der Waals surface area contributed by atoms with Gasteiger partial charge in [0.25, 0.3) is 0 Å². The fourth-order valence-electron chi connectivity index (χ4n) is 3.46. The Bertz CT molecular complexity index is 595. The minimum Gasteiger partial charge on any atom is -0.396 e. The summed E-state index contributed by atoms with van der Waals surface area (Å²) in [5, 5.41) is 10.00. The normalized spacial score (nSPS) is 19.5. The molecule has 0 spiro atoms. The Morgan fingerprint density at radius 1 is 1.00 bits per heavy atom. The molecule has 1 fully saturated rings. The number of hydrogen-bond acceptors (Lipinski definition) is 2. The number of alkyl halides is 3. The predicted octanol–water partition coefficient (Wildman–Crippen LogP) is 5.86. The minimum atomic E-state index is -4.38. The van der Waals surface area contributed by atoms with Crippen LogP contribution in [0.5, 0.6) is 0 Å². The van der Waals surface area contributed by atoms with Crippen molar-refractivity contribution in [2.75, 3.05) is 0 Å². The summed E-state index contributed by atoms with van der Waals surface area (Å²) in [7, 11) is -2.08. The van der Waals surface area contributed by atoms with Gasteiger partial charge in [-0.2, -0.15) is 18.4 Å². The number of nitrogens with zero attached hydrogens (tertiary/aromatic N) is 1. The molecule has 24 heavy (non-hydrogen) atoms. The largest absolute Gasteiger partial charge is 0.416 e. The molecule has 0 aliphatic heterocycles. The Morgan fingerprint density at radius 3 is 1.92 bits per heavy atom. The van der Waals surface area contributed by atoms with Crippen molar-refractivity contribution in [3.63, 3.8) is 0 Å². The van der Waals surface area contributed by atoms with E-state index in [9.17, 15) is 18.4 Å². The lowest BCUT2D eigenvalue weighted by atomic mass is 9.74. The lowest BCUT2D eigenvalue weighted by Gasteiger charge is -2.41. The summed E-state index contributed by atoms with van der Waals surface area (Å²) in [6.07, 6.45) is 0.571. The van der Waals surface area contributed by atoms with Gasteiger partial charge in [0.05, 0.1) is 5.56 Å². The molecule has 1 saturated carbocycles. The second-order valence-electron chi connectivity index (χ2n) is 7.47. The van der Waals surface area contributed by atoms with E-state index in [2.05, 4.69) is 6.07 Å². The monoisotopic (exact) mass is 355 g/mol. The predicted molar refractivity (Wildman–Crippen MR) is 89.7 cm³/mol. The maximum absolute atomic E-state index is 12.8. The van der Waals surface area contributed by atoms with Gasteiger partial charge in [0, 0.05) is 5.92 Å². The van der Waals surface area contributed by atoms with Crippen molar-refractivity contribution in [3.8, 4) is 6.07 Å². The molecule has 2 nitrogen and oxygen atoms in total. The third-order valence-corrected chi connectivity index (χ3v) is 5.39. The van der Waals surface area contributed by atoms with Crippen molar-refractivity contribution in [2.24, 2.45) is 5.92 Å². The summed E-state index contributed by atoms with van der Waals surface area (Å²) >= 11 is 0. The molecule has 6 heteroatoms. The highest BCUT2D eigenvalue weighted by atomic mass is 28.4. The van der Waals surface area contributed by atoms with Crippen LogP contribution < -0.4 is 0 Å². The molecule has 0 aromatic heterocycles. The zero-order valence-electron chi connectivity index (χ0n) is 14.4. The summed E-state index contributed by atoms with van der Waals surface area (Å²) in [5.74, 6) is 0.0275. The van der Waals surface area contributed by atoms with Crippen molar-refractivity contribution < 1.29 is 17.6 Å². The van der Waals surface area contributed by atoms with Gasteiger partial charge in [0.1, 0.15) is 6.07 Å². The smallest absolute Gasteiger partial charge is 0.396 e. The van der Waals surface area contributed by atoms with Crippen LogP contribution in [0, 0.1) is 17.2 Å². The first kappa shape index (κ1) is 19.0. The van der Waals surface area contributed by atoms with Gasteiger partial charge in [-0.1, -0.05) is 31.4 Å². The number of hydrogen-bond donors (Lipinski definition) is 0. The highest BCUT2D eigenvalue weighted by Crippen LogP contribution is 2.44. The van der Waals surface area contributed by atoms with E-state index in [1.807, 2.05) is 19.6 Å². The van der Waals surface area contributed by atoms with E-state index in [1.54, 1.807) is 0 Å². The molecule has 1 aliphatic rings. The summed E-state index contributed by atoms with van der Waals surface area (Å²) in [4.78, 5) is 0. The Labute approximate surface area is 142 Å². The molecule has 0 bridgehead atoms. The van der Waals surface area contributed by atoms with Crippen molar-refractivity contribution >= 4 is 8.32 Å². The molecule has 132 valence electrons. The second-order valence-corrected chi connectivity index (χ2v) is 11.9. The minimum absolute atomic E-state index is 0.0275. The zero-order chi connectivity index (χ0) is 18.0. The molecule has 2 rings (SSSR count). The second kappa shape index (κ2) is 6.89. The average molecular weight is 355 g/mol. The van der Waals surface area contributed by atoms with E-state index >= 15 is 0 Å². The number of nitriles is 1. The molecule has 0 unspecified atom stereocenters. The maximum atomic E-state index is 12.8. The Kier molecular flexibility index (Phi) is 5.46. The molecule has 0 radical (unpaired) electrons. The third-order valence-electron chi connectivity index (χ3n) is 4.45. The Morgan fingerprint density at radius 2 is 1.50 bits per heavy atom. The molecular weight excluding hydrogens is 331 g/mol. The number of halogens is 3. The average Bonchev–Trinajstić information content (AvgIpc) is 2.52. The fourth-order valence-corrected chi connectivity index (χ4v) is 4.75. The van der Waals surface area contributed by atoms with E-state index in [-0.39, 0.29) is 5.92 Å². The van der Waals surface area contributed by atoms with E-state index in [1.165, 1.54) is 12.1 Å². The van der Waals surface area contributed by atoms with Crippen molar-refractivity contribution in [1.29, 1.82) is 5.26 Å². The maximum Gasteiger partial charge on any atom is 0.416 e. The van der Waals surface area contributed by atoms with Gasteiger partial charge >= 0.3 is 6.18 Å². The first-order valence-electron chi connectivity index (χ1n) is 8.38. The van der Waals surface area contributed by atoms with Crippen LogP contribution in [0.4, 0.5) is 13.2 Å². The van der Waals surface area contributed by atoms with Gasteiger partial charge in [0.15, 0.2) is 13.9 Å². The quantitative estimate of drug-likeness (QED) is 0.634. The molecule has 1 atom stereocenters. The van der Waals surface area contributed by atoms with E-state index in [4.69, 9.17) is 4.43 Å². The van der Waals surface area contributed by atoms with Crippen molar-refractivity contribution in [3.05, 3.63) is 35.4 Å². The van der Waals surface area contributed by atoms with Gasteiger partial charge in [-0.05, 0) is 50.2 Å². The third kappa shape index (κ3) is 4.20. The number of benzene rings is 1. The molecule has 0 saturated heterocycles. The van der Waals surface area contributed by atoms with Crippen LogP contribution in [0.3, 0.4) is 0 Å². The van der Waals surface area contributed by atoms with Crippen LogP contribution in [-0.4, -0.2) is 8.32 Å². The summed E-state index contributed by atoms with van der Waals surface area (Å²) < 4.78 is 44.8. The van der Waals surface area contributed by atoms with Crippen molar-refractivity contribution in [2.45, 2.75) is 63.5 Å². The van der Waals surface area contributed by atoms with Crippen LogP contribution in [0.15, 0.2) is 24.3 Å². The van der Waals surface area contributed by atoms with Gasteiger partial charge in [-0.3, -0.25) is 0 Å². The summed E-state index contributed by atoms with van der Waals surface area (Å²) in [6.45, 7) is 6.02. The molecular formula is C18H24F3NOSi. The fraction of sp³-hybridized carbons (Fsp3) is 0.611. The van der Waals surface area contributed by atoms with Crippen LogP contribution in [-0.2, 0) is 16.2 Å². The molecule has 1 aromatic carbocycles. The SMILES string of the molecule is C[Si](C)(C)O[C@](C#N)(c1ccc(C(F)(F)F)cc1)C1CCCCC1. The van der Waals surface area contributed by atoms with E-state index in [0.29, 0.717) is 5.56 Å². The van der Waals surface area contributed by atoms with E-state index < -0.39 is 25.7 Å². The van der Waals surface area contributed by atoms with Crippen LogP contribution in [0.2, 0.25) is 19.6 Å². The standard InChI is InChI=1S/C18H24F3NOSi/c1-24(2,3)23-17(13-22,14-7-5-4-6-8-14)15-9-11-16(12-10-15)18(19,20)21/h9-12,14H,4-8H2,1-3H3/t17-/m0/s1. The lowest BCUT2D eigenvalue weighted by Crippen LogP contribution is -2.45. The van der Waals surface area contributed by atoms with Crippen LogP contribution >= 0.6 is 0 Å². The van der Waals surface area contributed by atoms with Crippen LogP contribution in [0.25, 0.3) is 0 Å². The lowest BCUT2D eigenvalue weighted by molar-refractivity contribution is -0.137. The number of rotatable bonds is 4. The molecule has 1 aliphatic carbocycles. The highest BCUT2D eigenvalue weighted by Gasteiger charge is 2.45. The molecule has 1 aromatic rings. The summed E-state index contributed by atoms with van der Waals surface area (Å²) in [5.41, 5.74) is -1.29. The van der Waals surface area contributed by atoms with E-state index in [0.717, 1.165) is 44.2 Å². The summed E-state index contributed by atoms with van der Waals surface area (Å²) in [6, 6.07) is 7.29. The molecule has 0 heterocycles. The molecule has 0 amide bonds. The first-order chi connectivity index (χ1) is 11.1. The van der Waals surface area contributed by atoms with Gasteiger partial charge in [-0.25, -0.2) is 0 Å². The first-order valence-corrected chi connectivity index (χ1v) is 11.8. The topological polar surface area (TPSA) is 33.0 Å². The van der Waals surface area contributed by atoms with Crippen LogP contribution in [0.1, 0.15) is 43.2 Å². The molecule has 0 N–H and O–H groups in total. The van der Waals surface area contributed by atoms with Crippen molar-refractivity contribution in [1.82, 2.24) is 0 Å². The van der Waals surface area contributed by atoms with Gasteiger partial charge in [-0.15, -0.1) is 0 Å². The van der Waals surface area contributed by atoms with Gasteiger partial charge in [0.2, 0.25) is 0 Å². The Hall–Kier alpha value is -1.32. The zero-order valence-corrected chi connectivity index (χ0v) is 15.4. The highest BCUT2D eigenvalue weighted by molar-refractivity contribution is 6.69. The Balaban J connectivity index is 2.46. The van der Waals surface area contributed by atoms with Gasteiger partial charge < -0.3 is 4.43 Å².